The van der Waals surface area contributed by atoms with Gasteiger partial charge in [0.25, 0.3) is 0 Å². The Morgan fingerprint density at radius 3 is 2.80 bits per heavy atom. The second-order valence-electron chi connectivity index (χ2n) is 8.05. The van der Waals surface area contributed by atoms with E-state index in [-0.39, 0.29) is 0 Å². The lowest BCUT2D eigenvalue weighted by Crippen LogP contribution is -2.43. The molecule has 2 saturated heterocycles. The zero-order valence-electron chi connectivity index (χ0n) is 16.7. The summed E-state index contributed by atoms with van der Waals surface area (Å²) in [4.78, 5) is 15.5. The van der Waals surface area contributed by atoms with Crippen LogP contribution in [0, 0.1) is 6.92 Å². The molecule has 0 spiro atoms. The molecule has 0 aliphatic carbocycles. The van der Waals surface area contributed by atoms with Crippen molar-refractivity contribution in [2.45, 2.75) is 25.4 Å². The lowest BCUT2D eigenvalue weighted by molar-refractivity contribution is 0.579. The van der Waals surface area contributed by atoms with Crippen LogP contribution < -0.4 is 15.5 Å². The van der Waals surface area contributed by atoms with Crippen molar-refractivity contribution in [2.24, 2.45) is 0 Å². The molecule has 4 aromatic rings. The van der Waals surface area contributed by atoms with Gasteiger partial charge in [-0.05, 0) is 37.1 Å². The maximum atomic E-state index is 4.88. The zero-order chi connectivity index (χ0) is 20.1. The molecule has 2 atom stereocenters. The molecule has 0 saturated carbocycles. The first-order chi connectivity index (χ1) is 14.7. The highest BCUT2D eigenvalue weighted by atomic mass is 15.3. The summed E-state index contributed by atoms with van der Waals surface area (Å²) in [6.45, 7) is 4.18. The number of nitrogens with one attached hydrogen (secondary N) is 2. The number of fused-ring (bicyclic) bond motifs is 3. The monoisotopic (exact) mass is 398 g/mol. The van der Waals surface area contributed by atoms with E-state index in [0.717, 1.165) is 41.2 Å². The number of nitrogens with zero attached hydrogens (tertiary/aromatic N) is 6. The molecule has 5 heterocycles. The lowest BCUT2D eigenvalue weighted by Gasteiger charge is -2.29. The molecule has 150 valence electrons. The maximum Gasteiger partial charge on any atom is 0.162 e. The van der Waals surface area contributed by atoms with Gasteiger partial charge in [-0.15, -0.1) is 5.10 Å². The number of rotatable bonds is 4. The van der Waals surface area contributed by atoms with Crippen molar-refractivity contribution in [3.8, 4) is 5.69 Å². The van der Waals surface area contributed by atoms with E-state index in [1.165, 1.54) is 12.0 Å². The molecule has 1 aromatic carbocycles. The molecule has 0 unspecified atom stereocenters. The van der Waals surface area contributed by atoms with Gasteiger partial charge in [0, 0.05) is 43.0 Å². The summed E-state index contributed by atoms with van der Waals surface area (Å²) in [6.07, 6.45) is 10.1. The standard InChI is InChI=1S/C22H22N8/c1-14-2-3-19-20(6-14)30(28-22(19)27-21-12-23-4-5-25-21)18-8-17(9-24-10-18)29-13-15-7-16(29)11-26-15/h2-6,8-10,12,15-16,26H,7,11,13H2,1H3,(H,25,27,28)/t15-,16-/m0/s1. The maximum absolute atomic E-state index is 4.88. The van der Waals surface area contributed by atoms with Gasteiger partial charge in [-0.2, -0.15) is 0 Å². The normalized spacial score (nSPS) is 20.2. The quantitative estimate of drug-likeness (QED) is 0.547. The van der Waals surface area contributed by atoms with Gasteiger partial charge in [0.2, 0.25) is 0 Å². The third-order valence-electron chi connectivity index (χ3n) is 5.99. The van der Waals surface area contributed by atoms with Gasteiger partial charge in [0.05, 0.1) is 35.5 Å². The predicted molar refractivity (Wildman–Crippen MR) is 116 cm³/mol. The van der Waals surface area contributed by atoms with Crippen LogP contribution in [0.2, 0.25) is 0 Å². The highest BCUT2D eigenvalue weighted by Gasteiger charge is 2.37. The van der Waals surface area contributed by atoms with E-state index in [4.69, 9.17) is 5.10 Å². The molecule has 2 bridgehead atoms. The smallest absolute Gasteiger partial charge is 0.162 e. The average Bonchev–Trinajstić information content (AvgIpc) is 3.49. The summed E-state index contributed by atoms with van der Waals surface area (Å²) in [5, 5.41) is 12.8. The highest BCUT2D eigenvalue weighted by Crippen LogP contribution is 2.32. The van der Waals surface area contributed by atoms with E-state index in [2.05, 4.69) is 61.7 Å². The van der Waals surface area contributed by atoms with Gasteiger partial charge in [0.15, 0.2) is 5.82 Å². The fourth-order valence-electron chi connectivity index (χ4n) is 4.56. The average molecular weight is 398 g/mol. The molecule has 8 nitrogen and oxygen atoms in total. The zero-order valence-corrected chi connectivity index (χ0v) is 16.7. The molecular formula is C22H22N8. The highest BCUT2D eigenvalue weighted by molar-refractivity contribution is 5.93. The van der Waals surface area contributed by atoms with Crippen LogP contribution in [0.1, 0.15) is 12.0 Å². The first kappa shape index (κ1) is 17.3. The summed E-state index contributed by atoms with van der Waals surface area (Å²) in [7, 11) is 0. The first-order valence-electron chi connectivity index (χ1n) is 10.2. The Hall–Kier alpha value is -3.52. The largest absolute Gasteiger partial charge is 0.364 e. The number of aryl methyl sites for hydroxylation is 1. The van der Waals surface area contributed by atoms with E-state index in [9.17, 15) is 0 Å². The Bertz CT molecular complexity index is 1220. The topological polar surface area (TPSA) is 83.8 Å². The van der Waals surface area contributed by atoms with Crippen molar-refractivity contribution in [1.29, 1.82) is 0 Å². The van der Waals surface area contributed by atoms with Crippen molar-refractivity contribution in [3.05, 3.63) is 60.8 Å². The Balaban J connectivity index is 1.43. The minimum atomic E-state index is 0.553. The summed E-state index contributed by atoms with van der Waals surface area (Å²) in [5.74, 6) is 1.41. The summed E-state index contributed by atoms with van der Waals surface area (Å²) in [6, 6.07) is 9.67. The fraction of sp³-hybridized carbons (Fsp3) is 0.273. The molecule has 6 rings (SSSR count). The summed E-state index contributed by atoms with van der Waals surface area (Å²) < 4.78 is 1.96. The van der Waals surface area contributed by atoms with Crippen LogP contribution >= 0.6 is 0 Å². The molecule has 2 N–H and O–H groups in total. The third kappa shape index (κ3) is 2.88. The molecule has 2 aliphatic heterocycles. The van der Waals surface area contributed by atoms with Crippen LogP contribution in [0.5, 0.6) is 0 Å². The van der Waals surface area contributed by atoms with Crippen molar-refractivity contribution < 1.29 is 0 Å². The molecule has 30 heavy (non-hydrogen) atoms. The molecule has 2 aliphatic rings. The number of aromatic nitrogens is 5. The Morgan fingerprint density at radius 1 is 1.07 bits per heavy atom. The van der Waals surface area contributed by atoms with E-state index < -0.39 is 0 Å². The van der Waals surface area contributed by atoms with Crippen LogP contribution in [0.25, 0.3) is 16.6 Å². The van der Waals surface area contributed by atoms with Gasteiger partial charge in [-0.25, -0.2) is 9.67 Å². The number of benzene rings is 1. The summed E-state index contributed by atoms with van der Waals surface area (Å²) >= 11 is 0. The van der Waals surface area contributed by atoms with E-state index in [0.29, 0.717) is 17.9 Å². The van der Waals surface area contributed by atoms with Crippen molar-refractivity contribution >= 4 is 28.2 Å². The third-order valence-corrected chi connectivity index (χ3v) is 5.99. The predicted octanol–water partition coefficient (Wildman–Crippen LogP) is 2.81. The van der Waals surface area contributed by atoms with Gasteiger partial charge in [0.1, 0.15) is 5.82 Å². The van der Waals surface area contributed by atoms with E-state index in [1.807, 2.05) is 17.1 Å². The number of anilines is 3. The van der Waals surface area contributed by atoms with Gasteiger partial charge in [-0.1, -0.05) is 6.07 Å². The van der Waals surface area contributed by atoms with Crippen LogP contribution in [-0.4, -0.2) is 49.9 Å². The molecule has 2 fully saturated rings. The number of hydrogen-bond acceptors (Lipinski definition) is 7. The second-order valence-corrected chi connectivity index (χ2v) is 8.05. The van der Waals surface area contributed by atoms with Crippen molar-refractivity contribution in [2.75, 3.05) is 23.3 Å². The molecule has 3 aromatic heterocycles. The first-order valence-corrected chi connectivity index (χ1v) is 10.2. The Labute approximate surface area is 174 Å². The van der Waals surface area contributed by atoms with Gasteiger partial charge < -0.3 is 15.5 Å². The minimum absolute atomic E-state index is 0.553. The summed E-state index contributed by atoms with van der Waals surface area (Å²) in [5.41, 5.74) is 4.32. The van der Waals surface area contributed by atoms with Crippen LogP contribution in [0.3, 0.4) is 0 Å². The minimum Gasteiger partial charge on any atom is -0.364 e. The SMILES string of the molecule is Cc1ccc2c(Nc3cnccn3)nn(-c3cncc(N4C[C@@H]5C[C@H]4CN5)c3)c2c1. The Kier molecular flexibility index (Phi) is 3.92. The molecule has 0 amide bonds. The van der Waals surface area contributed by atoms with E-state index >= 15 is 0 Å². The molecule has 8 heteroatoms. The van der Waals surface area contributed by atoms with Gasteiger partial charge in [-0.3, -0.25) is 9.97 Å². The lowest BCUT2D eigenvalue weighted by atomic mass is 10.2. The molecule has 0 radical (unpaired) electrons. The van der Waals surface area contributed by atoms with Crippen molar-refractivity contribution in [3.63, 3.8) is 0 Å². The number of piperazine rings is 1. The van der Waals surface area contributed by atoms with Crippen molar-refractivity contribution in [1.82, 2.24) is 30.0 Å². The van der Waals surface area contributed by atoms with Crippen LogP contribution in [0.15, 0.2) is 55.2 Å². The number of pyridine rings is 1. The fourth-order valence-corrected chi connectivity index (χ4v) is 4.56. The second kappa shape index (κ2) is 6.77. The molecular weight excluding hydrogens is 376 g/mol. The van der Waals surface area contributed by atoms with Crippen LogP contribution in [-0.2, 0) is 0 Å². The Morgan fingerprint density at radius 2 is 2.00 bits per heavy atom. The van der Waals surface area contributed by atoms with E-state index in [1.54, 1.807) is 18.6 Å². The van der Waals surface area contributed by atoms with Gasteiger partial charge >= 0.3 is 0 Å². The van der Waals surface area contributed by atoms with Crippen LogP contribution in [0.4, 0.5) is 17.3 Å². The number of hydrogen-bond donors (Lipinski definition) is 2.